The molecule has 0 atom stereocenters. The number of nitrogens with zero attached hydrogens (tertiary/aromatic N) is 2. The van der Waals surface area contributed by atoms with Crippen LogP contribution < -0.4 is 10.6 Å². The first-order valence-corrected chi connectivity index (χ1v) is 9.22. The zero-order chi connectivity index (χ0) is 16.3. The molecule has 6 nitrogen and oxygen atoms in total. The molecule has 0 bridgehead atoms. The number of guanidine groups is 1. The van der Waals surface area contributed by atoms with E-state index in [4.69, 9.17) is 9.47 Å². The third kappa shape index (κ3) is 7.28. The van der Waals surface area contributed by atoms with Crippen molar-refractivity contribution in [2.24, 2.45) is 4.99 Å². The molecule has 1 aliphatic heterocycles. The molecule has 23 heavy (non-hydrogen) atoms. The van der Waals surface area contributed by atoms with Crippen molar-refractivity contribution in [2.45, 2.75) is 45.8 Å². The summed E-state index contributed by atoms with van der Waals surface area (Å²) in [6, 6.07) is 0. The highest BCUT2D eigenvalue weighted by Crippen LogP contribution is 2.12. The Hall–Kier alpha value is -1.18. The van der Waals surface area contributed by atoms with E-state index in [1.165, 1.54) is 4.88 Å². The number of ether oxygens (including phenoxy) is 2. The van der Waals surface area contributed by atoms with E-state index < -0.39 is 0 Å². The van der Waals surface area contributed by atoms with Crippen LogP contribution in [0, 0.1) is 6.92 Å². The van der Waals surface area contributed by atoms with E-state index in [1.807, 2.05) is 6.20 Å². The predicted molar refractivity (Wildman–Crippen MR) is 94.1 cm³/mol. The Labute approximate surface area is 142 Å². The van der Waals surface area contributed by atoms with Gasteiger partial charge in [0.1, 0.15) is 5.01 Å². The van der Waals surface area contributed by atoms with E-state index >= 15 is 0 Å². The SMILES string of the molecule is CCNC(=NCc1ncc(C)s1)NCCCOC1CCOCC1. The van der Waals surface area contributed by atoms with E-state index in [0.29, 0.717) is 12.6 Å². The summed E-state index contributed by atoms with van der Waals surface area (Å²) in [7, 11) is 0. The first-order valence-electron chi connectivity index (χ1n) is 8.40. The van der Waals surface area contributed by atoms with Gasteiger partial charge in [-0.1, -0.05) is 0 Å². The first-order chi connectivity index (χ1) is 11.3. The number of rotatable bonds is 8. The summed E-state index contributed by atoms with van der Waals surface area (Å²) in [6.07, 6.45) is 5.27. The standard InChI is InChI=1S/C16H28N4O2S/c1-3-17-16(20-12-15-19-11-13(2)23-15)18-7-4-8-22-14-5-9-21-10-6-14/h11,14H,3-10,12H2,1-2H3,(H2,17,18,20). The summed E-state index contributed by atoms with van der Waals surface area (Å²) >= 11 is 1.69. The van der Waals surface area contributed by atoms with Crippen LogP contribution >= 0.6 is 11.3 Å². The molecule has 1 aliphatic rings. The summed E-state index contributed by atoms with van der Waals surface area (Å²) in [5.74, 6) is 0.839. The normalized spacial score (nSPS) is 16.5. The van der Waals surface area contributed by atoms with Gasteiger partial charge in [0, 0.05) is 44.0 Å². The molecule has 0 aliphatic carbocycles. The number of hydrogen-bond acceptors (Lipinski definition) is 5. The fraction of sp³-hybridized carbons (Fsp3) is 0.750. The van der Waals surface area contributed by atoms with Gasteiger partial charge in [0.05, 0.1) is 12.6 Å². The number of aryl methyl sites for hydroxylation is 1. The molecule has 0 radical (unpaired) electrons. The van der Waals surface area contributed by atoms with Crippen molar-refractivity contribution >= 4 is 17.3 Å². The topological polar surface area (TPSA) is 67.8 Å². The summed E-state index contributed by atoms with van der Waals surface area (Å²) in [5, 5.41) is 7.65. The molecule has 0 unspecified atom stereocenters. The van der Waals surface area contributed by atoms with Gasteiger partial charge in [0.15, 0.2) is 5.96 Å². The third-order valence-electron chi connectivity index (χ3n) is 3.52. The molecule has 0 spiro atoms. The van der Waals surface area contributed by atoms with E-state index in [0.717, 1.165) is 63.1 Å². The Morgan fingerprint density at radius 1 is 1.43 bits per heavy atom. The Balaban J connectivity index is 1.63. The lowest BCUT2D eigenvalue weighted by Gasteiger charge is -2.22. The van der Waals surface area contributed by atoms with E-state index in [9.17, 15) is 0 Å². The molecule has 0 aromatic carbocycles. The molecule has 0 amide bonds. The fourth-order valence-electron chi connectivity index (χ4n) is 2.33. The van der Waals surface area contributed by atoms with Crippen LogP contribution in [-0.4, -0.2) is 50.0 Å². The van der Waals surface area contributed by atoms with Gasteiger partial charge in [-0.25, -0.2) is 9.98 Å². The van der Waals surface area contributed by atoms with Gasteiger partial charge in [-0.05, 0) is 33.1 Å². The predicted octanol–water partition coefficient (Wildman–Crippen LogP) is 2.09. The smallest absolute Gasteiger partial charge is 0.191 e. The lowest BCUT2D eigenvalue weighted by atomic mass is 10.1. The van der Waals surface area contributed by atoms with Crippen molar-refractivity contribution in [3.05, 3.63) is 16.1 Å². The molecule has 130 valence electrons. The van der Waals surface area contributed by atoms with Crippen LogP contribution in [-0.2, 0) is 16.0 Å². The van der Waals surface area contributed by atoms with Crippen molar-refractivity contribution in [3.63, 3.8) is 0 Å². The maximum Gasteiger partial charge on any atom is 0.191 e. The van der Waals surface area contributed by atoms with Crippen LogP contribution in [0.25, 0.3) is 0 Å². The molecule has 7 heteroatoms. The second kappa shape index (κ2) is 10.6. The molecular weight excluding hydrogens is 312 g/mol. The number of hydrogen-bond donors (Lipinski definition) is 2. The zero-order valence-electron chi connectivity index (χ0n) is 14.1. The second-order valence-corrected chi connectivity index (χ2v) is 6.84. The van der Waals surface area contributed by atoms with E-state index in [2.05, 4.69) is 34.5 Å². The molecule has 0 saturated carbocycles. The van der Waals surface area contributed by atoms with Gasteiger partial charge in [-0.3, -0.25) is 0 Å². The highest BCUT2D eigenvalue weighted by atomic mass is 32.1. The molecular formula is C16H28N4O2S. The molecule has 1 fully saturated rings. The zero-order valence-corrected chi connectivity index (χ0v) is 15.0. The van der Waals surface area contributed by atoms with Gasteiger partial charge in [0.2, 0.25) is 0 Å². The van der Waals surface area contributed by atoms with Gasteiger partial charge >= 0.3 is 0 Å². The van der Waals surface area contributed by atoms with Crippen LogP contribution in [0.5, 0.6) is 0 Å². The number of aromatic nitrogens is 1. The molecule has 2 rings (SSSR count). The lowest BCUT2D eigenvalue weighted by molar-refractivity contribution is -0.0320. The molecule has 1 aromatic heterocycles. The second-order valence-electron chi connectivity index (χ2n) is 5.52. The Bertz CT molecular complexity index is 472. The van der Waals surface area contributed by atoms with Crippen LogP contribution in [0.15, 0.2) is 11.2 Å². The van der Waals surface area contributed by atoms with Gasteiger partial charge in [-0.15, -0.1) is 11.3 Å². The number of thiazole rings is 1. The highest BCUT2D eigenvalue weighted by Gasteiger charge is 2.13. The molecule has 1 saturated heterocycles. The highest BCUT2D eigenvalue weighted by molar-refractivity contribution is 7.11. The minimum atomic E-state index is 0.374. The average Bonchev–Trinajstić information content (AvgIpc) is 2.98. The van der Waals surface area contributed by atoms with Crippen molar-refractivity contribution in [1.82, 2.24) is 15.6 Å². The summed E-state index contributed by atoms with van der Waals surface area (Å²) in [5.41, 5.74) is 0. The maximum absolute atomic E-state index is 5.87. The van der Waals surface area contributed by atoms with Crippen LogP contribution in [0.4, 0.5) is 0 Å². The van der Waals surface area contributed by atoms with Crippen LogP contribution in [0.2, 0.25) is 0 Å². The lowest BCUT2D eigenvalue weighted by Crippen LogP contribution is -2.38. The molecule has 1 aromatic rings. The average molecular weight is 340 g/mol. The quantitative estimate of drug-likeness (QED) is 0.431. The molecule has 2 N–H and O–H groups in total. The van der Waals surface area contributed by atoms with E-state index in [1.54, 1.807) is 11.3 Å². The minimum Gasteiger partial charge on any atom is -0.381 e. The van der Waals surface area contributed by atoms with Crippen LogP contribution in [0.1, 0.15) is 36.1 Å². The number of nitrogens with one attached hydrogen (secondary N) is 2. The summed E-state index contributed by atoms with van der Waals surface area (Å²) < 4.78 is 11.2. The first kappa shape index (κ1) is 18.2. The van der Waals surface area contributed by atoms with Gasteiger partial charge in [0.25, 0.3) is 0 Å². The maximum atomic E-state index is 5.87. The van der Waals surface area contributed by atoms with Crippen molar-refractivity contribution < 1.29 is 9.47 Å². The Morgan fingerprint density at radius 3 is 2.96 bits per heavy atom. The third-order valence-corrected chi connectivity index (χ3v) is 4.42. The minimum absolute atomic E-state index is 0.374. The van der Waals surface area contributed by atoms with E-state index in [-0.39, 0.29) is 0 Å². The number of aliphatic imine (C=N–C) groups is 1. The molecule has 2 heterocycles. The fourth-order valence-corrected chi connectivity index (χ4v) is 3.05. The van der Waals surface area contributed by atoms with Crippen molar-refractivity contribution in [3.8, 4) is 0 Å². The Kier molecular flexibility index (Phi) is 8.35. The van der Waals surface area contributed by atoms with Gasteiger partial charge in [-0.2, -0.15) is 0 Å². The summed E-state index contributed by atoms with van der Waals surface area (Å²) in [4.78, 5) is 10.1. The largest absolute Gasteiger partial charge is 0.381 e. The van der Waals surface area contributed by atoms with Crippen LogP contribution in [0.3, 0.4) is 0 Å². The van der Waals surface area contributed by atoms with Crippen molar-refractivity contribution in [2.75, 3.05) is 32.9 Å². The monoisotopic (exact) mass is 340 g/mol. The summed E-state index contributed by atoms with van der Waals surface area (Å²) in [6.45, 7) is 8.89. The van der Waals surface area contributed by atoms with Crippen molar-refractivity contribution in [1.29, 1.82) is 0 Å². The van der Waals surface area contributed by atoms with Gasteiger partial charge < -0.3 is 20.1 Å². The Morgan fingerprint density at radius 2 is 2.26 bits per heavy atom.